The van der Waals surface area contributed by atoms with Crippen molar-refractivity contribution in [2.75, 3.05) is 19.7 Å². The first-order valence-electron chi connectivity index (χ1n) is 9.13. The van der Waals surface area contributed by atoms with E-state index in [9.17, 15) is 4.79 Å². The first-order chi connectivity index (χ1) is 11.2. The van der Waals surface area contributed by atoms with Crippen LogP contribution in [0.2, 0.25) is 0 Å². The van der Waals surface area contributed by atoms with E-state index in [4.69, 9.17) is 4.74 Å². The fraction of sp³-hybridized carbons (Fsp3) is 0.882. The van der Waals surface area contributed by atoms with Gasteiger partial charge in [-0.15, -0.1) is 24.0 Å². The second-order valence-corrected chi connectivity index (χ2v) is 6.97. The largest absolute Gasteiger partial charge is 0.378 e. The van der Waals surface area contributed by atoms with Crippen molar-refractivity contribution in [2.45, 2.75) is 70.6 Å². The number of aliphatic imine (C=N–C) groups is 1. The Morgan fingerprint density at radius 1 is 1.38 bits per heavy atom. The molecule has 3 unspecified atom stereocenters. The number of carbonyl (C=O) groups excluding carboxylic acids is 1. The maximum atomic E-state index is 11.3. The van der Waals surface area contributed by atoms with Gasteiger partial charge in [-0.1, -0.05) is 6.42 Å². The summed E-state index contributed by atoms with van der Waals surface area (Å²) in [5, 5.41) is 10.1. The lowest BCUT2D eigenvalue weighted by molar-refractivity contribution is -0.168. The van der Waals surface area contributed by atoms with Crippen LogP contribution in [0.4, 0.5) is 0 Å². The number of amides is 1. The van der Waals surface area contributed by atoms with Gasteiger partial charge in [0.15, 0.2) is 5.96 Å². The molecule has 3 fully saturated rings. The van der Waals surface area contributed by atoms with Gasteiger partial charge in [0.2, 0.25) is 5.91 Å². The number of nitrogens with one attached hydrogen (secondary N) is 3. The average Bonchev–Trinajstić information content (AvgIpc) is 2.47. The molecule has 6 nitrogen and oxygen atoms in total. The van der Waals surface area contributed by atoms with Gasteiger partial charge < -0.3 is 20.7 Å². The molecule has 0 bridgehead atoms. The highest BCUT2D eigenvalue weighted by Crippen LogP contribution is 2.57. The number of ether oxygens (including phenoxy) is 1. The summed E-state index contributed by atoms with van der Waals surface area (Å²) in [7, 11) is 0. The Labute approximate surface area is 162 Å². The summed E-state index contributed by atoms with van der Waals surface area (Å²) in [5.74, 6) is 1.04. The molecule has 3 N–H and O–H groups in total. The van der Waals surface area contributed by atoms with E-state index in [1.807, 2.05) is 0 Å². The predicted octanol–water partition coefficient (Wildman–Crippen LogP) is 1.79. The van der Waals surface area contributed by atoms with Gasteiger partial charge in [-0.25, -0.2) is 0 Å². The molecule has 0 aromatic rings. The second kappa shape index (κ2) is 8.69. The first-order valence-corrected chi connectivity index (χ1v) is 9.13. The Morgan fingerprint density at radius 3 is 2.71 bits per heavy atom. The smallest absolute Gasteiger partial charge is 0.220 e. The summed E-state index contributed by atoms with van der Waals surface area (Å²) in [6.07, 6.45) is 6.77. The molecule has 138 valence electrons. The zero-order valence-electron chi connectivity index (χ0n) is 14.8. The molecule has 1 saturated heterocycles. The highest BCUT2D eigenvalue weighted by Gasteiger charge is 2.59. The van der Waals surface area contributed by atoms with E-state index in [0.29, 0.717) is 30.5 Å². The molecule has 24 heavy (non-hydrogen) atoms. The van der Waals surface area contributed by atoms with E-state index in [1.54, 1.807) is 0 Å². The van der Waals surface area contributed by atoms with Crippen LogP contribution < -0.4 is 16.0 Å². The Morgan fingerprint density at radius 2 is 2.17 bits per heavy atom. The van der Waals surface area contributed by atoms with Crippen LogP contribution in [0.25, 0.3) is 0 Å². The predicted molar refractivity (Wildman–Crippen MR) is 106 cm³/mol. The maximum absolute atomic E-state index is 11.3. The molecule has 1 aliphatic heterocycles. The molecule has 0 aromatic heterocycles. The zero-order chi connectivity index (χ0) is 16.3. The highest BCUT2D eigenvalue weighted by molar-refractivity contribution is 14.0. The van der Waals surface area contributed by atoms with Crippen LogP contribution in [-0.2, 0) is 9.53 Å². The lowest BCUT2D eigenvalue weighted by Gasteiger charge is -2.61. The van der Waals surface area contributed by atoms with Crippen LogP contribution in [0.1, 0.15) is 52.4 Å². The first kappa shape index (κ1) is 19.8. The van der Waals surface area contributed by atoms with Crippen molar-refractivity contribution in [1.29, 1.82) is 0 Å². The Balaban J connectivity index is 0.00000208. The van der Waals surface area contributed by atoms with Gasteiger partial charge in [-0.3, -0.25) is 9.79 Å². The SMILES string of the molecule is CCN=C(NC1CCC(=O)NC1)NC1CC(OCC)C12CCC2.I. The molecule has 0 radical (unpaired) electrons. The molecule has 7 heteroatoms. The molecule has 3 aliphatic rings. The van der Waals surface area contributed by atoms with Crippen molar-refractivity contribution in [3.63, 3.8) is 0 Å². The number of hydrogen-bond donors (Lipinski definition) is 3. The quantitative estimate of drug-likeness (QED) is 0.339. The van der Waals surface area contributed by atoms with E-state index in [-0.39, 0.29) is 35.9 Å². The summed E-state index contributed by atoms with van der Waals surface area (Å²) in [6.45, 7) is 6.36. The van der Waals surface area contributed by atoms with Crippen molar-refractivity contribution in [2.24, 2.45) is 10.4 Å². The molecule has 3 atom stereocenters. The van der Waals surface area contributed by atoms with Crippen molar-refractivity contribution >= 4 is 35.8 Å². The summed E-state index contributed by atoms with van der Waals surface area (Å²) in [4.78, 5) is 15.9. The molecular weight excluding hydrogens is 419 g/mol. The van der Waals surface area contributed by atoms with Crippen LogP contribution in [-0.4, -0.2) is 49.8 Å². The standard InChI is InChI=1S/C17H30N4O2.HI/c1-3-18-16(20-12-6-7-15(22)19-11-12)21-13-10-14(23-4-2)17(13)8-5-9-17;/h12-14H,3-11H2,1-2H3,(H,19,22)(H2,18,20,21);1H. The third-order valence-electron chi connectivity index (χ3n) is 5.67. The van der Waals surface area contributed by atoms with E-state index in [0.717, 1.165) is 32.0 Å². The normalized spacial score (nSPS) is 31.3. The monoisotopic (exact) mass is 450 g/mol. The van der Waals surface area contributed by atoms with Gasteiger partial charge in [0, 0.05) is 43.6 Å². The average molecular weight is 450 g/mol. The minimum Gasteiger partial charge on any atom is -0.378 e. The zero-order valence-corrected chi connectivity index (χ0v) is 17.1. The van der Waals surface area contributed by atoms with Gasteiger partial charge >= 0.3 is 0 Å². The fourth-order valence-corrected chi connectivity index (χ4v) is 4.15. The van der Waals surface area contributed by atoms with Gasteiger partial charge in [0.25, 0.3) is 0 Å². The van der Waals surface area contributed by atoms with E-state index in [2.05, 4.69) is 34.8 Å². The van der Waals surface area contributed by atoms with Gasteiger partial charge in [0.05, 0.1) is 6.10 Å². The molecular formula is C17H31IN4O2. The molecule has 3 rings (SSSR count). The minimum absolute atomic E-state index is 0. The Bertz CT molecular complexity index is 458. The van der Waals surface area contributed by atoms with Crippen molar-refractivity contribution in [1.82, 2.24) is 16.0 Å². The Kier molecular flexibility index (Phi) is 7.15. The number of nitrogens with zero attached hydrogens (tertiary/aromatic N) is 1. The molecule has 1 amide bonds. The van der Waals surface area contributed by atoms with Crippen LogP contribution in [0.15, 0.2) is 4.99 Å². The lowest BCUT2D eigenvalue weighted by atomic mass is 9.51. The molecule has 2 aliphatic carbocycles. The number of hydrogen-bond acceptors (Lipinski definition) is 3. The van der Waals surface area contributed by atoms with Gasteiger partial charge in [0.1, 0.15) is 0 Å². The summed E-state index contributed by atoms with van der Waals surface area (Å²) < 4.78 is 5.92. The van der Waals surface area contributed by atoms with Crippen LogP contribution in [0.5, 0.6) is 0 Å². The molecule has 2 saturated carbocycles. The number of halogens is 1. The van der Waals surface area contributed by atoms with Crippen molar-refractivity contribution < 1.29 is 9.53 Å². The number of piperidine rings is 1. The van der Waals surface area contributed by atoms with E-state index < -0.39 is 0 Å². The topological polar surface area (TPSA) is 74.8 Å². The van der Waals surface area contributed by atoms with Crippen LogP contribution in [0.3, 0.4) is 0 Å². The number of guanidine groups is 1. The molecule has 0 aromatic carbocycles. The van der Waals surface area contributed by atoms with Crippen molar-refractivity contribution in [3.8, 4) is 0 Å². The van der Waals surface area contributed by atoms with Gasteiger partial charge in [-0.2, -0.15) is 0 Å². The molecule has 1 spiro atoms. The van der Waals surface area contributed by atoms with E-state index in [1.165, 1.54) is 19.3 Å². The fourth-order valence-electron chi connectivity index (χ4n) is 4.15. The summed E-state index contributed by atoms with van der Waals surface area (Å²) >= 11 is 0. The van der Waals surface area contributed by atoms with Crippen LogP contribution >= 0.6 is 24.0 Å². The minimum atomic E-state index is 0. The summed E-state index contributed by atoms with van der Waals surface area (Å²) in [6, 6.07) is 0.731. The Hall–Kier alpha value is -0.570. The number of carbonyl (C=O) groups is 1. The van der Waals surface area contributed by atoms with Gasteiger partial charge in [-0.05, 0) is 39.5 Å². The highest BCUT2D eigenvalue weighted by atomic mass is 127. The number of rotatable bonds is 5. The lowest BCUT2D eigenvalue weighted by Crippen LogP contribution is -2.69. The maximum Gasteiger partial charge on any atom is 0.220 e. The van der Waals surface area contributed by atoms with Crippen molar-refractivity contribution in [3.05, 3.63) is 0 Å². The van der Waals surface area contributed by atoms with E-state index >= 15 is 0 Å². The third kappa shape index (κ3) is 3.98. The second-order valence-electron chi connectivity index (χ2n) is 6.97. The third-order valence-corrected chi connectivity index (χ3v) is 5.67. The van der Waals surface area contributed by atoms with Crippen LogP contribution in [0, 0.1) is 5.41 Å². The summed E-state index contributed by atoms with van der Waals surface area (Å²) in [5.41, 5.74) is 0.326. The molecule has 1 heterocycles.